The summed E-state index contributed by atoms with van der Waals surface area (Å²) in [5, 5.41) is 3.66. The van der Waals surface area contributed by atoms with E-state index in [2.05, 4.69) is 43.2 Å². The molecule has 1 aliphatic rings. The van der Waals surface area contributed by atoms with E-state index in [9.17, 15) is 0 Å². The lowest BCUT2D eigenvalue weighted by molar-refractivity contribution is 0.358. The Labute approximate surface area is 120 Å². The third-order valence-corrected chi connectivity index (χ3v) is 4.21. The molecular formula is C17H24N2O. The molecule has 1 aliphatic carbocycles. The Morgan fingerprint density at radius 3 is 2.90 bits per heavy atom. The first-order valence-corrected chi connectivity index (χ1v) is 7.79. The van der Waals surface area contributed by atoms with Crippen LogP contribution in [0.25, 0.3) is 11.1 Å². The van der Waals surface area contributed by atoms with Crippen LogP contribution in [0.1, 0.15) is 58.3 Å². The van der Waals surface area contributed by atoms with Crippen molar-refractivity contribution in [1.82, 2.24) is 4.98 Å². The lowest BCUT2D eigenvalue weighted by Crippen LogP contribution is -2.26. The van der Waals surface area contributed by atoms with E-state index in [1.807, 2.05) is 6.07 Å². The highest BCUT2D eigenvalue weighted by Crippen LogP contribution is 2.28. The van der Waals surface area contributed by atoms with Gasteiger partial charge in [-0.2, -0.15) is 0 Å². The van der Waals surface area contributed by atoms with Crippen molar-refractivity contribution in [3.63, 3.8) is 0 Å². The minimum atomic E-state index is 0.331. The predicted octanol–water partition coefficient (Wildman–Crippen LogP) is 4.94. The van der Waals surface area contributed by atoms with Gasteiger partial charge >= 0.3 is 0 Å². The Bertz CT molecular complexity index is 588. The largest absolute Gasteiger partial charge is 0.440 e. The van der Waals surface area contributed by atoms with Crippen LogP contribution in [0.4, 0.5) is 5.69 Å². The lowest BCUT2D eigenvalue weighted by Gasteiger charge is -2.28. The van der Waals surface area contributed by atoms with E-state index >= 15 is 0 Å². The number of nitrogens with one attached hydrogen (secondary N) is 1. The zero-order chi connectivity index (χ0) is 14.1. The Kier molecular flexibility index (Phi) is 3.68. The average Bonchev–Trinajstić information content (AvgIpc) is 2.82. The van der Waals surface area contributed by atoms with Gasteiger partial charge in [0.05, 0.1) is 0 Å². The van der Waals surface area contributed by atoms with Crippen LogP contribution in [-0.4, -0.2) is 11.0 Å². The molecule has 20 heavy (non-hydrogen) atoms. The predicted molar refractivity (Wildman–Crippen MR) is 83.1 cm³/mol. The summed E-state index contributed by atoms with van der Waals surface area (Å²) < 4.78 is 5.75. The molecule has 2 atom stereocenters. The molecule has 0 bridgehead atoms. The summed E-state index contributed by atoms with van der Waals surface area (Å²) in [7, 11) is 0. The smallest absolute Gasteiger partial charge is 0.198 e. The number of aromatic nitrogens is 1. The van der Waals surface area contributed by atoms with Crippen LogP contribution in [0.5, 0.6) is 0 Å². The Morgan fingerprint density at radius 1 is 1.30 bits per heavy atom. The van der Waals surface area contributed by atoms with Crippen LogP contribution >= 0.6 is 0 Å². The summed E-state index contributed by atoms with van der Waals surface area (Å²) in [5.41, 5.74) is 3.01. The van der Waals surface area contributed by atoms with Crippen molar-refractivity contribution < 1.29 is 4.42 Å². The van der Waals surface area contributed by atoms with Crippen molar-refractivity contribution in [2.24, 2.45) is 5.92 Å². The van der Waals surface area contributed by atoms with Gasteiger partial charge in [0.2, 0.25) is 0 Å². The highest BCUT2D eigenvalue weighted by molar-refractivity contribution is 5.77. The van der Waals surface area contributed by atoms with Crippen LogP contribution in [0.3, 0.4) is 0 Å². The van der Waals surface area contributed by atoms with Crippen molar-refractivity contribution >= 4 is 16.8 Å². The van der Waals surface area contributed by atoms with E-state index in [-0.39, 0.29) is 0 Å². The fraction of sp³-hybridized carbons (Fsp3) is 0.588. The first-order chi connectivity index (χ1) is 9.61. The van der Waals surface area contributed by atoms with E-state index in [0.29, 0.717) is 12.0 Å². The maximum Gasteiger partial charge on any atom is 0.198 e. The summed E-state index contributed by atoms with van der Waals surface area (Å²) in [6, 6.07) is 6.86. The Balaban J connectivity index is 1.78. The Morgan fingerprint density at radius 2 is 2.15 bits per heavy atom. The van der Waals surface area contributed by atoms with Crippen molar-refractivity contribution in [2.75, 3.05) is 5.32 Å². The molecule has 0 radical (unpaired) electrons. The van der Waals surface area contributed by atoms with Gasteiger partial charge in [-0.05, 0) is 37.0 Å². The van der Waals surface area contributed by atoms with Gasteiger partial charge in [-0.15, -0.1) is 0 Å². The number of hydrogen-bond donors (Lipinski definition) is 1. The molecule has 3 rings (SSSR count). The number of nitrogens with zero attached hydrogens (tertiary/aromatic N) is 1. The van der Waals surface area contributed by atoms with Crippen LogP contribution in [0.15, 0.2) is 22.6 Å². The molecule has 1 aromatic carbocycles. The molecule has 0 aliphatic heterocycles. The van der Waals surface area contributed by atoms with Gasteiger partial charge in [-0.1, -0.05) is 33.6 Å². The van der Waals surface area contributed by atoms with E-state index in [1.165, 1.54) is 31.4 Å². The van der Waals surface area contributed by atoms with Crippen LogP contribution in [0, 0.1) is 5.92 Å². The number of benzene rings is 1. The summed E-state index contributed by atoms with van der Waals surface area (Å²) in [4.78, 5) is 4.57. The summed E-state index contributed by atoms with van der Waals surface area (Å²) >= 11 is 0. The van der Waals surface area contributed by atoms with Crippen molar-refractivity contribution in [2.45, 2.75) is 58.4 Å². The molecular weight excluding hydrogens is 248 g/mol. The fourth-order valence-electron chi connectivity index (χ4n) is 3.08. The van der Waals surface area contributed by atoms with E-state index in [4.69, 9.17) is 4.42 Å². The van der Waals surface area contributed by atoms with Gasteiger partial charge in [-0.25, -0.2) is 4.98 Å². The molecule has 0 saturated heterocycles. The normalized spacial score (nSPS) is 23.4. The second-order valence-electron chi connectivity index (χ2n) is 6.50. The Hall–Kier alpha value is -1.51. The van der Waals surface area contributed by atoms with Crippen LogP contribution in [-0.2, 0) is 0 Å². The minimum Gasteiger partial charge on any atom is -0.440 e. The van der Waals surface area contributed by atoms with Crippen LogP contribution in [0.2, 0.25) is 0 Å². The van der Waals surface area contributed by atoms with Crippen molar-refractivity contribution in [1.29, 1.82) is 0 Å². The monoisotopic (exact) mass is 272 g/mol. The van der Waals surface area contributed by atoms with Gasteiger partial charge < -0.3 is 9.73 Å². The van der Waals surface area contributed by atoms with Gasteiger partial charge in [0, 0.05) is 17.6 Å². The molecule has 0 spiro atoms. The molecule has 1 fully saturated rings. The number of anilines is 1. The average molecular weight is 272 g/mol. The topological polar surface area (TPSA) is 38.1 Å². The number of fused-ring (bicyclic) bond motifs is 1. The molecule has 1 heterocycles. The molecule has 3 nitrogen and oxygen atoms in total. The third-order valence-electron chi connectivity index (χ3n) is 4.21. The summed E-state index contributed by atoms with van der Waals surface area (Å²) in [5.74, 6) is 1.99. The summed E-state index contributed by atoms with van der Waals surface area (Å²) in [6.07, 6.45) is 5.26. The first kappa shape index (κ1) is 13.5. The van der Waals surface area contributed by atoms with Crippen LogP contribution < -0.4 is 5.32 Å². The van der Waals surface area contributed by atoms with Crippen molar-refractivity contribution in [3.8, 4) is 0 Å². The van der Waals surface area contributed by atoms with Gasteiger partial charge in [-0.3, -0.25) is 0 Å². The minimum absolute atomic E-state index is 0.331. The maximum absolute atomic E-state index is 5.75. The molecule has 3 heteroatoms. The maximum atomic E-state index is 5.75. The highest BCUT2D eigenvalue weighted by Gasteiger charge is 2.19. The highest BCUT2D eigenvalue weighted by atomic mass is 16.3. The SMILES string of the molecule is CC1CCCC(Nc2ccc3oc(C(C)C)nc3c2)C1. The number of oxazole rings is 1. The molecule has 108 valence electrons. The molecule has 1 N–H and O–H groups in total. The second kappa shape index (κ2) is 5.47. The number of hydrogen-bond acceptors (Lipinski definition) is 3. The fourth-order valence-corrected chi connectivity index (χ4v) is 3.08. The van der Waals surface area contributed by atoms with E-state index in [0.717, 1.165) is 22.9 Å². The third kappa shape index (κ3) is 2.82. The molecule has 0 amide bonds. The second-order valence-corrected chi connectivity index (χ2v) is 6.50. The molecule has 2 aromatic rings. The molecule has 1 saturated carbocycles. The molecule has 1 aromatic heterocycles. The van der Waals surface area contributed by atoms with Gasteiger partial charge in [0.15, 0.2) is 11.5 Å². The van der Waals surface area contributed by atoms with Gasteiger partial charge in [0.25, 0.3) is 0 Å². The first-order valence-electron chi connectivity index (χ1n) is 7.79. The van der Waals surface area contributed by atoms with E-state index < -0.39 is 0 Å². The summed E-state index contributed by atoms with van der Waals surface area (Å²) in [6.45, 7) is 6.56. The van der Waals surface area contributed by atoms with Gasteiger partial charge in [0.1, 0.15) is 5.52 Å². The van der Waals surface area contributed by atoms with E-state index in [1.54, 1.807) is 0 Å². The molecule has 2 unspecified atom stereocenters. The zero-order valence-corrected chi connectivity index (χ0v) is 12.6. The van der Waals surface area contributed by atoms with Crippen molar-refractivity contribution in [3.05, 3.63) is 24.1 Å². The lowest BCUT2D eigenvalue weighted by atomic mass is 9.87. The number of rotatable bonds is 3. The quantitative estimate of drug-likeness (QED) is 0.859. The zero-order valence-electron chi connectivity index (χ0n) is 12.6. The standard InChI is InChI=1S/C17H24N2O/c1-11(2)17-19-15-10-14(7-8-16(15)20-17)18-13-6-4-5-12(3)9-13/h7-8,10-13,18H,4-6,9H2,1-3H3.